The number of amides is 2. The minimum absolute atomic E-state index is 0.0673. The summed E-state index contributed by atoms with van der Waals surface area (Å²) in [5.74, 6) is -1.59. The van der Waals surface area contributed by atoms with Gasteiger partial charge in [-0.2, -0.15) is 5.10 Å². The Balaban J connectivity index is 1.56. The lowest BCUT2D eigenvalue weighted by Crippen LogP contribution is -2.48. The third-order valence-corrected chi connectivity index (χ3v) is 4.42. The van der Waals surface area contributed by atoms with Gasteiger partial charge in [-0.15, -0.1) is 0 Å². The van der Waals surface area contributed by atoms with E-state index < -0.39 is 12.0 Å². The smallest absolute Gasteiger partial charge is 0.326 e. The second-order valence-electron chi connectivity index (χ2n) is 6.06. The largest absolute Gasteiger partial charge is 0.480 e. The normalized spacial score (nSPS) is 17.4. The van der Waals surface area contributed by atoms with Crippen molar-refractivity contribution in [3.05, 3.63) is 30.0 Å². The van der Waals surface area contributed by atoms with Gasteiger partial charge in [0.05, 0.1) is 5.52 Å². The predicted octanol–water partition coefficient (Wildman–Crippen LogP) is 1.15. The lowest BCUT2D eigenvalue weighted by Gasteiger charge is -2.33. The number of nitrogens with one attached hydrogen (secondary N) is 2. The Morgan fingerprint density at radius 2 is 2.08 bits per heavy atom. The van der Waals surface area contributed by atoms with Gasteiger partial charge in [-0.05, 0) is 25.3 Å². The molecule has 0 bridgehead atoms. The number of hydrogen-bond donors (Lipinski definition) is 3. The number of H-pyrrole nitrogens is 1. The summed E-state index contributed by atoms with van der Waals surface area (Å²) >= 11 is 0. The molecule has 0 saturated carbocycles. The van der Waals surface area contributed by atoms with Crippen LogP contribution in [0.1, 0.15) is 36.2 Å². The Kier molecular flexibility index (Phi) is 4.97. The number of hydrogen-bond acceptors (Lipinski definition) is 4. The highest BCUT2D eigenvalue weighted by Gasteiger charge is 2.31. The van der Waals surface area contributed by atoms with Gasteiger partial charge >= 0.3 is 5.97 Å². The van der Waals surface area contributed by atoms with Crippen LogP contribution >= 0.6 is 0 Å². The summed E-state index contributed by atoms with van der Waals surface area (Å²) in [5, 5.41) is 19.4. The molecule has 0 radical (unpaired) electrons. The maximum absolute atomic E-state index is 12.3. The highest BCUT2D eigenvalue weighted by atomic mass is 16.4. The molecule has 1 aliphatic rings. The summed E-state index contributed by atoms with van der Waals surface area (Å²) in [6.07, 6.45) is 2.16. The number of carbonyl (C=O) groups is 3. The number of para-hydroxylation sites is 1. The van der Waals surface area contributed by atoms with E-state index >= 15 is 0 Å². The fraction of sp³-hybridized carbons (Fsp3) is 0.412. The van der Waals surface area contributed by atoms with Crippen LogP contribution in [0.25, 0.3) is 10.9 Å². The first kappa shape index (κ1) is 16.9. The van der Waals surface area contributed by atoms with Crippen molar-refractivity contribution in [1.82, 2.24) is 20.4 Å². The molecule has 8 nitrogen and oxygen atoms in total. The average Bonchev–Trinajstić information content (AvgIpc) is 3.05. The minimum Gasteiger partial charge on any atom is -0.480 e. The highest BCUT2D eigenvalue weighted by molar-refractivity contribution is 6.04. The van der Waals surface area contributed by atoms with Gasteiger partial charge in [0, 0.05) is 24.9 Å². The van der Waals surface area contributed by atoms with Crippen LogP contribution in [0.15, 0.2) is 24.3 Å². The number of piperidine rings is 1. The van der Waals surface area contributed by atoms with Crippen molar-refractivity contribution in [2.75, 3.05) is 13.1 Å². The Morgan fingerprint density at radius 3 is 2.88 bits per heavy atom. The van der Waals surface area contributed by atoms with E-state index in [2.05, 4.69) is 15.5 Å². The first-order chi connectivity index (χ1) is 12.1. The number of rotatable bonds is 5. The van der Waals surface area contributed by atoms with Gasteiger partial charge in [0.25, 0.3) is 5.91 Å². The molecule has 1 aromatic heterocycles. The summed E-state index contributed by atoms with van der Waals surface area (Å²) in [6, 6.07) is 6.53. The Morgan fingerprint density at radius 1 is 1.28 bits per heavy atom. The number of fused-ring (bicyclic) bond motifs is 1. The van der Waals surface area contributed by atoms with Crippen LogP contribution in [0.2, 0.25) is 0 Å². The number of carboxylic acid groups (broad SMARTS) is 1. The molecule has 2 aromatic rings. The van der Waals surface area contributed by atoms with Gasteiger partial charge < -0.3 is 15.3 Å². The molecule has 2 amide bonds. The number of likely N-dealkylation sites (tertiary alicyclic amines) is 1. The standard InChI is InChI=1S/C17H20N4O4/c22-14(21-10-4-3-7-13(21)17(24)25)8-9-18-16(23)15-11-5-1-2-6-12(11)19-20-15/h1-2,5-6,13H,3-4,7-10H2,(H,18,23)(H,19,20)(H,24,25). The third kappa shape index (κ3) is 3.62. The number of benzene rings is 1. The van der Waals surface area contributed by atoms with Crippen molar-refractivity contribution in [3.8, 4) is 0 Å². The number of carboxylic acids is 1. The monoisotopic (exact) mass is 344 g/mol. The molecule has 1 aliphatic heterocycles. The molecule has 3 rings (SSSR count). The quantitative estimate of drug-likeness (QED) is 0.752. The molecule has 1 saturated heterocycles. The molecule has 132 valence electrons. The molecule has 0 spiro atoms. The van der Waals surface area contributed by atoms with Crippen molar-refractivity contribution in [3.63, 3.8) is 0 Å². The van der Waals surface area contributed by atoms with Gasteiger partial charge in [0.15, 0.2) is 5.69 Å². The van der Waals surface area contributed by atoms with Crippen LogP contribution in [0.5, 0.6) is 0 Å². The number of aliphatic carboxylic acids is 1. The van der Waals surface area contributed by atoms with E-state index in [1.54, 1.807) is 6.07 Å². The molecule has 8 heteroatoms. The first-order valence-corrected chi connectivity index (χ1v) is 8.31. The maximum atomic E-state index is 12.3. The van der Waals surface area contributed by atoms with Crippen molar-refractivity contribution >= 4 is 28.7 Å². The fourth-order valence-electron chi connectivity index (χ4n) is 3.13. The lowest BCUT2D eigenvalue weighted by molar-refractivity contribution is -0.152. The van der Waals surface area contributed by atoms with E-state index in [-0.39, 0.29) is 30.5 Å². The van der Waals surface area contributed by atoms with Crippen LogP contribution in [-0.2, 0) is 9.59 Å². The van der Waals surface area contributed by atoms with Crippen LogP contribution in [0.4, 0.5) is 0 Å². The molecular formula is C17H20N4O4. The topological polar surface area (TPSA) is 115 Å². The summed E-state index contributed by atoms with van der Waals surface area (Å²) in [6.45, 7) is 0.593. The molecule has 0 aliphatic carbocycles. The lowest BCUT2D eigenvalue weighted by atomic mass is 10.0. The summed E-state index contributed by atoms with van der Waals surface area (Å²) in [4.78, 5) is 37.2. The number of nitrogens with zero attached hydrogens (tertiary/aromatic N) is 2. The Hall–Kier alpha value is -2.90. The van der Waals surface area contributed by atoms with E-state index in [9.17, 15) is 19.5 Å². The summed E-state index contributed by atoms with van der Waals surface area (Å²) < 4.78 is 0. The van der Waals surface area contributed by atoms with E-state index in [1.807, 2.05) is 18.2 Å². The van der Waals surface area contributed by atoms with Crippen LogP contribution in [0, 0.1) is 0 Å². The zero-order valence-electron chi connectivity index (χ0n) is 13.7. The summed E-state index contributed by atoms with van der Waals surface area (Å²) in [7, 11) is 0. The molecule has 2 heterocycles. The fourth-order valence-corrected chi connectivity index (χ4v) is 3.13. The minimum atomic E-state index is -0.972. The second-order valence-corrected chi connectivity index (χ2v) is 6.06. The third-order valence-electron chi connectivity index (χ3n) is 4.42. The van der Waals surface area contributed by atoms with E-state index in [1.165, 1.54) is 4.90 Å². The Labute approximate surface area is 144 Å². The SMILES string of the molecule is O=C(NCCC(=O)N1CCCCC1C(=O)O)c1n[nH]c2ccccc12. The van der Waals surface area contributed by atoms with Crippen molar-refractivity contribution < 1.29 is 19.5 Å². The maximum Gasteiger partial charge on any atom is 0.326 e. The number of aromatic nitrogens is 2. The van der Waals surface area contributed by atoms with Gasteiger partial charge in [-0.25, -0.2) is 4.79 Å². The van der Waals surface area contributed by atoms with Gasteiger partial charge in [0.1, 0.15) is 6.04 Å². The molecular weight excluding hydrogens is 324 g/mol. The van der Waals surface area contributed by atoms with Crippen LogP contribution < -0.4 is 5.32 Å². The molecule has 1 fully saturated rings. The average molecular weight is 344 g/mol. The van der Waals surface area contributed by atoms with E-state index in [0.29, 0.717) is 18.4 Å². The zero-order valence-corrected chi connectivity index (χ0v) is 13.7. The van der Waals surface area contributed by atoms with Crippen molar-refractivity contribution in [1.29, 1.82) is 0 Å². The van der Waals surface area contributed by atoms with Crippen molar-refractivity contribution in [2.45, 2.75) is 31.7 Å². The van der Waals surface area contributed by atoms with E-state index in [4.69, 9.17) is 0 Å². The van der Waals surface area contributed by atoms with Crippen molar-refractivity contribution in [2.24, 2.45) is 0 Å². The first-order valence-electron chi connectivity index (χ1n) is 8.31. The zero-order chi connectivity index (χ0) is 17.8. The van der Waals surface area contributed by atoms with Gasteiger partial charge in [0.2, 0.25) is 5.91 Å². The number of carbonyl (C=O) groups excluding carboxylic acids is 2. The second kappa shape index (κ2) is 7.33. The molecule has 1 atom stereocenters. The highest BCUT2D eigenvalue weighted by Crippen LogP contribution is 2.18. The molecule has 3 N–H and O–H groups in total. The van der Waals surface area contributed by atoms with Crippen LogP contribution in [0.3, 0.4) is 0 Å². The van der Waals surface area contributed by atoms with Gasteiger partial charge in [-0.3, -0.25) is 14.7 Å². The van der Waals surface area contributed by atoms with Gasteiger partial charge in [-0.1, -0.05) is 18.2 Å². The molecule has 1 aromatic carbocycles. The molecule has 25 heavy (non-hydrogen) atoms. The van der Waals surface area contributed by atoms with E-state index in [0.717, 1.165) is 18.4 Å². The molecule has 1 unspecified atom stereocenters. The summed E-state index contributed by atoms with van der Waals surface area (Å²) in [5.41, 5.74) is 1.05. The van der Waals surface area contributed by atoms with Crippen LogP contribution in [-0.4, -0.2) is 57.1 Å². The number of aromatic amines is 1. The Bertz CT molecular complexity index is 801. The predicted molar refractivity (Wildman–Crippen MR) is 90.0 cm³/mol.